The number of imidazole rings is 1. The van der Waals surface area contributed by atoms with Crippen LogP contribution in [0.15, 0.2) is 36.8 Å². The van der Waals surface area contributed by atoms with Gasteiger partial charge >= 0.3 is 0 Å². The highest BCUT2D eigenvalue weighted by molar-refractivity contribution is 5.85. The molecule has 4 aromatic rings. The molecule has 35 heavy (non-hydrogen) atoms. The molecule has 2 atom stereocenters. The molecule has 4 aromatic heterocycles. The van der Waals surface area contributed by atoms with Gasteiger partial charge in [-0.2, -0.15) is 15.1 Å². The minimum absolute atomic E-state index is 0.233. The van der Waals surface area contributed by atoms with Gasteiger partial charge in [-0.15, -0.1) is 0 Å². The summed E-state index contributed by atoms with van der Waals surface area (Å²) in [5.74, 6) is 3.16. The number of fused-ring (bicyclic) bond motifs is 1. The van der Waals surface area contributed by atoms with Crippen LogP contribution in [0.5, 0.6) is 0 Å². The lowest BCUT2D eigenvalue weighted by Gasteiger charge is -2.28. The standard InChI is InChI=1S/C25H32N10/c26-18-6-3-5-17(13-18)23-31-21-22(32-25(27)33-24(21)35(23)19-7-1-2-8-19)29-15-16-9-10-20(28-14-16)34-12-4-11-30-34/h4,9-12,14,17-19H,1-3,5-8,13,15,26H2,(H3,27,29,32,33). The van der Waals surface area contributed by atoms with Gasteiger partial charge in [0.1, 0.15) is 5.82 Å². The molecule has 0 bridgehead atoms. The first-order valence-electron chi connectivity index (χ1n) is 12.7. The molecule has 2 saturated carbocycles. The van der Waals surface area contributed by atoms with E-state index in [4.69, 9.17) is 16.5 Å². The number of nitrogens with zero attached hydrogens (tertiary/aromatic N) is 7. The molecule has 0 aromatic carbocycles. The summed E-state index contributed by atoms with van der Waals surface area (Å²) in [5, 5.41) is 7.68. The number of nitrogens with one attached hydrogen (secondary N) is 1. The third kappa shape index (κ3) is 4.34. The van der Waals surface area contributed by atoms with Crippen molar-refractivity contribution in [1.82, 2.24) is 34.3 Å². The van der Waals surface area contributed by atoms with Crippen LogP contribution in [0.25, 0.3) is 17.0 Å². The van der Waals surface area contributed by atoms with Crippen molar-refractivity contribution in [1.29, 1.82) is 0 Å². The molecule has 0 amide bonds. The van der Waals surface area contributed by atoms with E-state index in [9.17, 15) is 0 Å². The van der Waals surface area contributed by atoms with E-state index in [-0.39, 0.29) is 12.0 Å². The van der Waals surface area contributed by atoms with Crippen LogP contribution in [0.1, 0.15) is 74.7 Å². The molecule has 2 fully saturated rings. The van der Waals surface area contributed by atoms with Crippen molar-refractivity contribution < 1.29 is 0 Å². The van der Waals surface area contributed by atoms with E-state index < -0.39 is 0 Å². The number of nitrogens with two attached hydrogens (primary N) is 2. The topological polar surface area (TPSA) is 138 Å². The maximum Gasteiger partial charge on any atom is 0.224 e. The van der Waals surface area contributed by atoms with Gasteiger partial charge < -0.3 is 21.4 Å². The van der Waals surface area contributed by atoms with Crippen molar-refractivity contribution in [2.45, 2.75) is 75.9 Å². The van der Waals surface area contributed by atoms with E-state index in [1.807, 2.05) is 30.6 Å². The van der Waals surface area contributed by atoms with E-state index in [0.29, 0.717) is 24.3 Å². The van der Waals surface area contributed by atoms with Crippen LogP contribution >= 0.6 is 0 Å². The van der Waals surface area contributed by atoms with Gasteiger partial charge in [-0.25, -0.2) is 14.6 Å². The van der Waals surface area contributed by atoms with E-state index >= 15 is 0 Å². The smallest absolute Gasteiger partial charge is 0.224 e. The summed E-state index contributed by atoms with van der Waals surface area (Å²) in [6, 6.07) is 6.51. The van der Waals surface area contributed by atoms with Gasteiger partial charge in [0.25, 0.3) is 0 Å². The largest absolute Gasteiger partial charge is 0.368 e. The van der Waals surface area contributed by atoms with Crippen LogP contribution in [0.2, 0.25) is 0 Å². The number of aromatic nitrogens is 7. The number of anilines is 2. The Morgan fingerprint density at radius 1 is 1.03 bits per heavy atom. The number of hydrogen-bond acceptors (Lipinski definition) is 8. The summed E-state index contributed by atoms with van der Waals surface area (Å²) in [4.78, 5) is 18.9. The first kappa shape index (κ1) is 22.0. The second kappa shape index (κ2) is 9.26. The zero-order chi connectivity index (χ0) is 23.8. The fourth-order valence-corrected chi connectivity index (χ4v) is 5.65. The van der Waals surface area contributed by atoms with Crippen molar-refractivity contribution in [3.05, 3.63) is 48.2 Å². The Labute approximate surface area is 204 Å². The van der Waals surface area contributed by atoms with Crippen molar-refractivity contribution >= 4 is 22.9 Å². The Balaban J connectivity index is 1.33. The molecule has 10 nitrogen and oxygen atoms in total. The quantitative estimate of drug-likeness (QED) is 0.386. The molecular formula is C25H32N10. The van der Waals surface area contributed by atoms with Crippen LogP contribution in [0.4, 0.5) is 11.8 Å². The van der Waals surface area contributed by atoms with Crippen molar-refractivity contribution in [3.63, 3.8) is 0 Å². The van der Waals surface area contributed by atoms with Crippen LogP contribution in [-0.4, -0.2) is 40.3 Å². The van der Waals surface area contributed by atoms with Gasteiger partial charge in [0.2, 0.25) is 5.95 Å². The molecule has 4 heterocycles. The van der Waals surface area contributed by atoms with Gasteiger partial charge in [0, 0.05) is 43.1 Å². The van der Waals surface area contributed by atoms with Crippen LogP contribution in [0, 0.1) is 0 Å². The maximum atomic E-state index is 6.36. The molecule has 2 aliphatic rings. The Kier molecular flexibility index (Phi) is 5.81. The number of nitrogen functional groups attached to an aromatic ring is 1. The first-order chi connectivity index (χ1) is 17.2. The predicted molar refractivity (Wildman–Crippen MR) is 135 cm³/mol. The van der Waals surface area contributed by atoms with Crippen molar-refractivity contribution in [2.75, 3.05) is 11.1 Å². The second-order valence-electron chi connectivity index (χ2n) is 9.83. The molecule has 0 spiro atoms. The molecule has 10 heteroatoms. The summed E-state index contributed by atoms with van der Waals surface area (Å²) < 4.78 is 4.11. The van der Waals surface area contributed by atoms with Crippen molar-refractivity contribution in [2.24, 2.45) is 5.73 Å². The summed E-state index contributed by atoms with van der Waals surface area (Å²) in [6.07, 6.45) is 14.5. The molecule has 2 unspecified atom stereocenters. The molecule has 0 radical (unpaired) electrons. The first-order valence-corrected chi connectivity index (χ1v) is 12.7. The van der Waals surface area contributed by atoms with E-state index in [2.05, 4.69) is 29.9 Å². The summed E-state index contributed by atoms with van der Waals surface area (Å²) >= 11 is 0. The molecule has 0 saturated heterocycles. The molecule has 2 aliphatic carbocycles. The van der Waals surface area contributed by atoms with Gasteiger partial charge in [-0.3, -0.25) is 0 Å². The lowest BCUT2D eigenvalue weighted by atomic mass is 9.85. The number of rotatable bonds is 6. The molecule has 6 rings (SSSR count). The monoisotopic (exact) mass is 472 g/mol. The molecular weight excluding hydrogens is 440 g/mol. The highest BCUT2D eigenvalue weighted by Crippen LogP contribution is 2.40. The summed E-state index contributed by atoms with van der Waals surface area (Å²) in [7, 11) is 0. The SMILES string of the molecule is Nc1nc(NCc2ccc(-n3cccn3)nc2)c2nc(C3CCCC(N)C3)n(C3CCCC3)c2n1. The molecule has 0 aliphatic heterocycles. The van der Waals surface area contributed by atoms with Crippen LogP contribution in [-0.2, 0) is 6.54 Å². The highest BCUT2D eigenvalue weighted by atomic mass is 15.3. The minimum atomic E-state index is 0.233. The lowest BCUT2D eigenvalue weighted by molar-refractivity contribution is 0.364. The highest BCUT2D eigenvalue weighted by Gasteiger charge is 2.31. The number of pyridine rings is 1. The Morgan fingerprint density at radius 2 is 1.91 bits per heavy atom. The third-order valence-electron chi connectivity index (χ3n) is 7.36. The van der Waals surface area contributed by atoms with Crippen LogP contribution in [0.3, 0.4) is 0 Å². The second-order valence-corrected chi connectivity index (χ2v) is 9.83. The Hall–Kier alpha value is -3.53. The normalized spacial score (nSPS) is 21.1. The lowest BCUT2D eigenvalue weighted by Crippen LogP contribution is -2.28. The third-order valence-corrected chi connectivity index (χ3v) is 7.36. The van der Waals surface area contributed by atoms with E-state index in [1.165, 1.54) is 12.8 Å². The minimum Gasteiger partial charge on any atom is -0.368 e. The van der Waals surface area contributed by atoms with Crippen LogP contribution < -0.4 is 16.8 Å². The van der Waals surface area contributed by atoms with E-state index in [1.54, 1.807) is 10.9 Å². The fourth-order valence-electron chi connectivity index (χ4n) is 5.65. The average molecular weight is 473 g/mol. The molecule has 5 N–H and O–H groups in total. The zero-order valence-electron chi connectivity index (χ0n) is 19.8. The average Bonchev–Trinajstić information content (AvgIpc) is 3.64. The fraction of sp³-hybridized carbons (Fsp3) is 0.480. The predicted octanol–water partition coefficient (Wildman–Crippen LogP) is 3.70. The molecule has 182 valence electrons. The Morgan fingerprint density at radius 3 is 2.66 bits per heavy atom. The summed E-state index contributed by atoms with van der Waals surface area (Å²) in [6.45, 7) is 0.553. The Bertz CT molecular complexity index is 1290. The maximum absolute atomic E-state index is 6.36. The van der Waals surface area contributed by atoms with Gasteiger partial charge in [0.15, 0.2) is 22.8 Å². The number of hydrogen-bond donors (Lipinski definition) is 3. The van der Waals surface area contributed by atoms with E-state index in [0.717, 1.165) is 66.9 Å². The van der Waals surface area contributed by atoms with Crippen molar-refractivity contribution in [3.8, 4) is 5.82 Å². The zero-order valence-corrected chi connectivity index (χ0v) is 19.8. The van der Waals surface area contributed by atoms with Gasteiger partial charge in [-0.05, 0) is 49.8 Å². The van der Waals surface area contributed by atoms with Gasteiger partial charge in [-0.1, -0.05) is 25.3 Å². The summed E-state index contributed by atoms with van der Waals surface area (Å²) in [5.41, 5.74) is 15.2. The van der Waals surface area contributed by atoms with Gasteiger partial charge in [0.05, 0.1) is 0 Å².